The van der Waals surface area contributed by atoms with Crippen LogP contribution in [0.25, 0.3) is 11.3 Å². The van der Waals surface area contributed by atoms with Crippen LogP contribution < -0.4 is 4.90 Å². The van der Waals surface area contributed by atoms with Crippen molar-refractivity contribution >= 4 is 17.0 Å². The van der Waals surface area contributed by atoms with Crippen molar-refractivity contribution in [3.63, 3.8) is 0 Å². The van der Waals surface area contributed by atoms with Crippen molar-refractivity contribution in [1.29, 1.82) is 0 Å². The summed E-state index contributed by atoms with van der Waals surface area (Å²) in [5, 5.41) is 0. The average Bonchev–Trinajstić information content (AvgIpc) is 2.98. The smallest absolute Gasteiger partial charge is 0.0563 e. The number of aryl methyl sites for hydroxylation is 5. The molecule has 206 valence electrons. The first-order valence-electron chi connectivity index (χ1n) is 14.6. The highest BCUT2D eigenvalue weighted by Gasteiger charge is 2.26. The van der Waals surface area contributed by atoms with Crippen molar-refractivity contribution in [3.05, 3.63) is 171 Å². The summed E-state index contributed by atoms with van der Waals surface area (Å²) in [4.78, 5) is 2.55. The molecule has 0 aromatic heterocycles. The minimum atomic E-state index is 0.105. The van der Waals surface area contributed by atoms with Crippen LogP contribution in [0.2, 0.25) is 0 Å². The van der Waals surface area contributed by atoms with Gasteiger partial charge < -0.3 is 4.90 Å². The molecule has 0 bridgehead atoms. The minimum absolute atomic E-state index is 0.105. The lowest BCUT2D eigenvalue weighted by molar-refractivity contribution is 0.778. The first kappa shape index (κ1) is 28.2. The zero-order valence-electron chi connectivity index (χ0n) is 25.3. The van der Waals surface area contributed by atoms with Gasteiger partial charge in [-0.05, 0) is 81.5 Å². The second-order valence-electron chi connectivity index (χ2n) is 11.5. The first-order chi connectivity index (χ1) is 19.8. The molecule has 0 heterocycles. The Kier molecular flexibility index (Phi) is 8.55. The molecule has 1 heteroatoms. The molecule has 1 nitrogen and oxygen atoms in total. The number of allylic oxidation sites excluding steroid dienone is 1. The van der Waals surface area contributed by atoms with Crippen LogP contribution in [0, 0.1) is 34.6 Å². The lowest BCUT2D eigenvalue weighted by atomic mass is 9.90. The zero-order chi connectivity index (χ0) is 28.9. The number of rotatable bonds is 8. The fraction of sp³-hybridized carbons (Fsp3) is 0.200. The van der Waals surface area contributed by atoms with E-state index in [1.807, 2.05) is 0 Å². The van der Waals surface area contributed by atoms with Crippen LogP contribution in [0.1, 0.15) is 63.0 Å². The SMILES string of the molecule is Cc1ccc(C/C(=C(/c2ccc(C)cc2)N(c2ccc(C)cc2)C(C)c2ccc(C)cc2)c2ccc(C)cc2)cc1. The van der Waals surface area contributed by atoms with Crippen LogP contribution >= 0.6 is 0 Å². The summed E-state index contributed by atoms with van der Waals surface area (Å²) in [6.45, 7) is 13.1. The number of nitrogens with zero attached hydrogens (tertiary/aromatic N) is 1. The molecule has 5 aromatic rings. The highest BCUT2D eigenvalue weighted by atomic mass is 15.2. The number of hydrogen-bond donors (Lipinski definition) is 0. The van der Waals surface area contributed by atoms with Gasteiger partial charge in [-0.15, -0.1) is 0 Å². The molecule has 0 amide bonds. The van der Waals surface area contributed by atoms with Crippen molar-refractivity contribution in [3.8, 4) is 0 Å². The van der Waals surface area contributed by atoms with Gasteiger partial charge in [0.05, 0.1) is 11.7 Å². The van der Waals surface area contributed by atoms with Crippen LogP contribution in [-0.4, -0.2) is 0 Å². The molecule has 5 aromatic carbocycles. The third-order valence-corrected chi connectivity index (χ3v) is 8.01. The largest absolute Gasteiger partial charge is 0.333 e. The molecule has 1 atom stereocenters. The van der Waals surface area contributed by atoms with E-state index >= 15 is 0 Å². The van der Waals surface area contributed by atoms with E-state index in [1.165, 1.54) is 67.0 Å². The van der Waals surface area contributed by atoms with E-state index < -0.39 is 0 Å². The van der Waals surface area contributed by atoms with Gasteiger partial charge in [0.1, 0.15) is 0 Å². The fourth-order valence-electron chi connectivity index (χ4n) is 5.40. The number of benzene rings is 5. The van der Waals surface area contributed by atoms with Gasteiger partial charge in [-0.1, -0.05) is 137 Å². The van der Waals surface area contributed by atoms with Gasteiger partial charge in [0.25, 0.3) is 0 Å². The maximum atomic E-state index is 2.55. The Morgan fingerprint density at radius 3 is 1.37 bits per heavy atom. The number of anilines is 1. The normalized spacial score (nSPS) is 12.5. The van der Waals surface area contributed by atoms with Gasteiger partial charge in [-0.25, -0.2) is 0 Å². The molecule has 1 unspecified atom stereocenters. The monoisotopic (exact) mass is 535 g/mol. The second kappa shape index (κ2) is 12.4. The van der Waals surface area contributed by atoms with E-state index in [0.29, 0.717) is 0 Å². The molecule has 0 saturated heterocycles. The van der Waals surface area contributed by atoms with E-state index in [-0.39, 0.29) is 6.04 Å². The summed E-state index contributed by atoms with van der Waals surface area (Å²) in [6, 6.07) is 45.2. The molecule has 0 saturated carbocycles. The average molecular weight is 536 g/mol. The summed E-state index contributed by atoms with van der Waals surface area (Å²) >= 11 is 0. The van der Waals surface area contributed by atoms with Crippen molar-refractivity contribution < 1.29 is 0 Å². The highest BCUT2D eigenvalue weighted by molar-refractivity contribution is 5.98. The van der Waals surface area contributed by atoms with Crippen LogP contribution in [0.4, 0.5) is 5.69 Å². The summed E-state index contributed by atoms with van der Waals surface area (Å²) in [7, 11) is 0. The second-order valence-corrected chi connectivity index (χ2v) is 11.5. The first-order valence-corrected chi connectivity index (χ1v) is 14.6. The fourth-order valence-corrected chi connectivity index (χ4v) is 5.40. The molecule has 5 rings (SSSR count). The van der Waals surface area contributed by atoms with Gasteiger partial charge in [0, 0.05) is 12.1 Å². The predicted molar refractivity (Wildman–Crippen MR) is 177 cm³/mol. The van der Waals surface area contributed by atoms with Crippen LogP contribution in [0.15, 0.2) is 121 Å². The maximum Gasteiger partial charge on any atom is 0.0563 e. The molecule has 41 heavy (non-hydrogen) atoms. The molecule has 0 aliphatic carbocycles. The summed E-state index contributed by atoms with van der Waals surface area (Å²) in [5.74, 6) is 0. The topological polar surface area (TPSA) is 3.24 Å². The van der Waals surface area contributed by atoms with Crippen molar-refractivity contribution in [2.45, 2.75) is 54.0 Å². The van der Waals surface area contributed by atoms with Crippen molar-refractivity contribution in [1.82, 2.24) is 0 Å². The van der Waals surface area contributed by atoms with Crippen molar-refractivity contribution in [2.24, 2.45) is 0 Å². The van der Waals surface area contributed by atoms with Gasteiger partial charge in [0.15, 0.2) is 0 Å². The zero-order valence-corrected chi connectivity index (χ0v) is 25.3. The quantitative estimate of drug-likeness (QED) is 0.179. The summed E-state index contributed by atoms with van der Waals surface area (Å²) in [5.41, 5.74) is 15.2. The van der Waals surface area contributed by atoms with E-state index in [2.05, 4.69) is 168 Å². The van der Waals surface area contributed by atoms with Gasteiger partial charge in [-0.3, -0.25) is 0 Å². The Labute approximate surface area is 246 Å². The maximum absolute atomic E-state index is 2.55. The van der Waals surface area contributed by atoms with E-state index in [0.717, 1.165) is 6.42 Å². The van der Waals surface area contributed by atoms with E-state index in [1.54, 1.807) is 0 Å². The molecule has 0 fully saturated rings. The van der Waals surface area contributed by atoms with Crippen LogP contribution in [0.3, 0.4) is 0 Å². The van der Waals surface area contributed by atoms with Crippen LogP contribution in [-0.2, 0) is 6.42 Å². The lowest BCUT2D eigenvalue weighted by Gasteiger charge is -2.36. The van der Waals surface area contributed by atoms with E-state index in [9.17, 15) is 0 Å². The Bertz CT molecular complexity index is 1600. The molecule has 0 radical (unpaired) electrons. The summed E-state index contributed by atoms with van der Waals surface area (Å²) < 4.78 is 0. The Balaban J connectivity index is 1.83. The van der Waals surface area contributed by atoms with Gasteiger partial charge in [0.2, 0.25) is 0 Å². The van der Waals surface area contributed by atoms with Crippen molar-refractivity contribution in [2.75, 3.05) is 4.90 Å². The number of hydrogen-bond acceptors (Lipinski definition) is 1. The third kappa shape index (κ3) is 6.69. The molecule has 0 aliphatic heterocycles. The Morgan fingerprint density at radius 2 is 0.878 bits per heavy atom. The van der Waals surface area contributed by atoms with Gasteiger partial charge in [-0.2, -0.15) is 0 Å². The lowest BCUT2D eigenvalue weighted by Crippen LogP contribution is -2.27. The Morgan fingerprint density at radius 1 is 0.488 bits per heavy atom. The third-order valence-electron chi connectivity index (χ3n) is 8.01. The van der Waals surface area contributed by atoms with Crippen LogP contribution in [0.5, 0.6) is 0 Å². The molecule has 0 spiro atoms. The molecular formula is C40H41N. The molecular weight excluding hydrogens is 494 g/mol. The molecule has 0 N–H and O–H groups in total. The standard InChI is InChI=1S/C40H41N/c1-28-7-17-34(18-8-28)27-39(36-21-11-30(3)12-22-36)40(37-23-13-31(4)14-24-37)41(38-25-15-32(5)16-26-38)33(6)35-19-9-29(2)10-20-35/h7-26,33H,27H2,1-6H3/b40-39+. The Hall–Kier alpha value is -4.36. The highest BCUT2D eigenvalue weighted by Crippen LogP contribution is 2.41. The van der Waals surface area contributed by atoms with Gasteiger partial charge >= 0.3 is 0 Å². The molecule has 0 aliphatic rings. The summed E-state index contributed by atoms with van der Waals surface area (Å²) in [6.07, 6.45) is 0.829. The minimum Gasteiger partial charge on any atom is -0.333 e. The van der Waals surface area contributed by atoms with E-state index in [4.69, 9.17) is 0 Å². The predicted octanol–water partition coefficient (Wildman–Crippen LogP) is 10.6.